The Bertz CT molecular complexity index is 846. The first kappa shape index (κ1) is 23.9. The summed E-state index contributed by atoms with van der Waals surface area (Å²) in [6.45, 7) is 8.40. The maximum absolute atomic E-state index is 14.1. The first-order valence-corrected chi connectivity index (χ1v) is 8.34. The van der Waals surface area contributed by atoms with Gasteiger partial charge in [0.2, 0.25) is 0 Å². The molecule has 1 aliphatic rings. The molecular formula is C16H23Cl2FN6O3. The Labute approximate surface area is 174 Å². The van der Waals surface area contributed by atoms with Crippen LogP contribution in [-0.2, 0) is 16.8 Å². The molecule has 0 aromatic carbocycles. The second-order valence-electron chi connectivity index (χ2n) is 6.17. The molecule has 156 valence electrons. The Kier molecular flexibility index (Phi) is 7.97. The topological polar surface area (TPSA) is 103 Å². The largest absolute Gasteiger partial charge is 0.464 e. The number of aromatic nitrogens is 4. The molecule has 0 saturated carbocycles. The highest BCUT2D eigenvalue weighted by Crippen LogP contribution is 2.36. The molecule has 0 saturated heterocycles. The number of hydrogen-bond donors (Lipinski definition) is 2. The van der Waals surface area contributed by atoms with Gasteiger partial charge in [0, 0.05) is 12.1 Å². The monoisotopic (exact) mass is 436 g/mol. The third kappa shape index (κ3) is 4.45. The SMILES string of the molecule is CCOC(=O)n1nc(Nc2nc(OCC)ncc2F)c2c1C(C)(C)NC2.Cl.Cl. The van der Waals surface area contributed by atoms with Gasteiger partial charge in [0.1, 0.15) is 0 Å². The minimum atomic E-state index is -0.655. The van der Waals surface area contributed by atoms with Crippen LogP contribution < -0.4 is 15.4 Å². The van der Waals surface area contributed by atoms with Crippen molar-refractivity contribution in [1.29, 1.82) is 0 Å². The van der Waals surface area contributed by atoms with Gasteiger partial charge in [-0.25, -0.2) is 14.2 Å². The van der Waals surface area contributed by atoms with Gasteiger partial charge in [0.05, 0.1) is 30.6 Å². The number of anilines is 2. The number of rotatable bonds is 5. The van der Waals surface area contributed by atoms with E-state index in [2.05, 4.69) is 25.7 Å². The van der Waals surface area contributed by atoms with Crippen LogP contribution in [-0.4, -0.2) is 39.1 Å². The summed E-state index contributed by atoms with van der Waals surface area (Å²) in [5.41, 5.74) is 0.924. The molecule has 12 heteroatoms. The van der Waals surface area contributed by atoms with Crippen molar-refractivity contribution in [2.75, 3.05) is 18.5 Å². The van der Waals surface area contributed by atoms with Crippen molar-refractivity contribution in [3.8, 4) is 6.01 Å². The molecule has 9 nitrogen and oxygen atoms in total. The Morgan fingerprint density at radius 3 is 2.68 bits per heavy atom. The van der Waals surface area contributed by atoms with Crippen molar-refractivity contribution in [3.05, 3.63) is 23.3 Å². The summed E-state index contributed by atoms with van der Waals surface area (Å²) in [6, 6.07) is 0.0522. The molecule has 28 heavy (non-hydrogen) atoms. The predicted molar refractivity (Wildman–Crippen MR) is 105 cm³/mol. The molecule has 0 amide bonds. The first-order chi connectivity index (χ1) is 12.4. The normalized spacial score (nSPS) is 13.8. The highest BCUT2D eigenvalue weighted by atomic mass is 35.5. The van der Waals surface area contributed by atoms with Crippen LogP contribution in [0.3, 0.4) is 0 Å². The van der Waals surface area contributed by atoms with Crippen LogP contribution in [0.25, 0.3) is 0 Å². The lowest BCUT2D eigenvalue weighted by atomic mass is 10.0. The number of fused-ring (bicyclic) bond motifs is 1. The highest BCUT2D eigenvalue weighted by Gasteiger charge is 2.38. The molecule has 0 aliphatic carbocycles. The highest BCUT2D eigenvalue weighted by molar-refractivity contribution is 5.85. The Hall–Kier alpha value is -2.17. The number of ether oxygens (including phenoxy) is 2. The second kappa shape index (κ2) is 9.35. The average molecular weight is 437 g/mol. The molecule has 0 spiro atoms. The average Bonchev–Trinajstić information content (AvgIpc) is 3.10. The zero-order chi connectivity index (χ0) is 18.9. The molecule has 0 atom stereocenters. The van der Waals surface area contributed by atoms with E-state index in [0.717, 1.165) is 11.8 Å². The van der Waals surface area contributed by atoms with Crippen molar-refractivity contribution in [1.82, 2.24) is 25.1 Å². The lowest BCUT2D eigenvalue weighted by Crippen LogP contribution is -2.34. The molecule has 3 heterocycles. The van der Waals surface area contributed by atoms with Gasteiger partial charge in [0.15, 0.2) is 17.5 Å². The van der Waals surface area contributed by atoms with Crippen LogP contribution in [0.4, 0.5) is 20.8 Å². The van der Waals surface area contributed by atoms with Gasteiger partial charge in [-0.1, -0.05) is 0 Å². The summed E-state index contributed by atoms with van der Waals surface area (Å²) < 4.78 is 25.6. The summed E-state index contributed by atoms with van der Waals surface area (Å²) in [7, 11) is 0. The predicted octanol–water partition coefficient (Wildman–Crippen LogP) is 3.14. The summed E-state index contributed by atoms with van der Waals surface area (Å²) in [6.07, 6.45) is 0.428. The third-order valence-corrected chi connectivity index (χ3v) is 3.96. The van der Waals surface area contributed by atoms with Gasteiger partial charge in [-0.05, 0) is 27.7 Å². The third-order valence-electron chi connectivity index (χ3n) is 3.96. The van der Waals surface area contributed by atoms with E-state index >= 15 is 0 Å². The van der Waals surface area contributed by atoms with Gasteiger partial charge >= 0.3 is 12.1 Å². The molecular weight excluding hydrogens is 414 g/mol. The number of halogens is 3. The van der Waals surface area contributed by atoms with E-state index in [4.69, 9.17) is 9.47 Å². The van der Waals surface area contributed by atoms with E-state index < -0.39 is 17.4 Å². The standard InChI is InChI=1S/C16H21FN6O3.2ClH/c1-5-25-14-18-8-10(17)13(21-14)20-12-9-7-19-16(3,4)11(9)23(22-12)15(24)26-6-2;;/h8,19H,5-7H2,1-4H3,(H,18,20,21,22);2*1H. The van der Waals surface area contributed by atoms with E-state index in [-0.39, 0.29) is 43.2 Å². The van der Waals surface area contributed by atoms with E-state index in [1.807, 2.05) is 13.8 Å². The molecule has 1 aliphatic heterocycles. The van der Waals surface area contributed by atoms with E-state index in [1.54, 1.807) is 13.8 Å². The van der Waals surface area contributed by atoms with E-state index in [9.17, 15) is 9.18 Å². The lowest BCUT2D eigenvalue weighted by molar-refractivity contribution is 0.148. The van der Waals surface area contributed by atoms with Gasteiger partial charge in [-0.15, -0.1) is 29.9 Å². The second-order valence-corrected chi connectivity index (χ2v) is 6.17. The summed E-state index contributed by atoms with van der Waals surface area (Å²) in [5, 5.41) is 10.4. The molecule has 0 unspecified atom stereocenters. The summed E-state index contributed by atoms with van der Waals surface area (Å²) in [5.74, 6) is -0.409. The van der Waals surface area contributed by atoms with Gasteiger partial charge in [-0.3, -0.25) is 0 Å². The minimum absolute atomic E-state index is 0. The summed E-state index contributed by atoms with van der Waals surface area (Å²) in [4.78, 5) is 20.0. The quantitative estimate of drug-likeness (QED) is 0.736. The number of nitrogens with zero attached hydrogens (tertiary/aromatic N) is 4. The van der Waals surface area contributed by atoms with Crippen molar-refractivity contribution in [2.24, 2.45) is 0 Å². The van der Waals surface area contributed by atoms with Crippen LogP contribution in [0.1, 0.15) is 39.0 Å². The fourth-order valence-electron chi connectivity index (χ4n) is 2.82. The van der Waals surface area contributed by atoms with Crippen LogP contribution in [0, 0.1) is 5.82 Å². The molecule has 2 aromatic rings. The molecule has 3 rings (SSSR count). The fourth-order valence-corrected chi connectivity index (χ4v) is 2.82. The van der Waals surface area contributed by atoms with E-state index in [1.165, 1.54) is 4.68 Å². The molecule has 0 radical (unpaired) electrons. The zero-order valence-electron chi connectivity index (χ0n) is 15.9. The summed E-state index contributed by atoms with van der Waals surface area (Å²) >= 11 is 0. The Balaban J connectivity index is 0.00000196. The van der Waals surface area contributed by atoms with Crippen LogP contribution in [0.15, 0.2) is 6.20 Å². The number of hydrogen-bond acceptors (Lipinski definition) is 8. The zero-order valence-corrected chi connectivity index (χ0v) is 17.5. The van der Waals surface area contributed by atoms with Gasteiger partial charge < -0.3 is 20.1 Å². The molecule has 0 bridgehead atoms. The molecule has 0 fully saturated rings. The molecule has 2 aromatic heterocycles. The Morgan fingerprint density at radius 1 is 1.32 bits per heavy atom. The van der Waals surface area contributed by atoms with Crippen molar-refractivity contribution in [3.63, 3.8) is 0 Å². The maximum Gasteiger partial charge on any atom is 0.435 e. The smallest absolute Gasteiger partial charge is 0.435 e. The van der Waals surface area contributed by atoms with E-state index in [0.29, 0.717) is 24.7 Å². The maximum atomic E-state index is 14.1. The minimum Gasteiger partial charge on any atom is -0.464 e. The van der Waals surface area contributed by atoms with Crippen LogP contribution in [0.5, 0.6) is 6.01 Å². The number of carbonyl (C=O) groups excluding carboxylic acids is 1. The van der Waals surface area contributed by atoms with Gasteiger partial charge in [-0.2, -0.15) is 9.67 Å². The van der Waals surface area contributed by atoms with Crippen molar-refractivity contribution >= 4 is 42.5 Å². The number of nitrogens with one attached hydrogen (secondary N) is 2. The Morgan fingerprint density at radius 2 is 2.04 bits per heavy atom. The lowest BCUT2D eigenvalue weighted by Gasteiger charge is -2.20. The van der Waals surface area contributed by atoms with Crippen LogP contribution in [0.2, 0.25) is 0 Å². The van der Waals surface area contributed by atoms with Crippen molar-refractivity contribution < 1.29 is 18.7 Å². The first-order valence-electron chi connectivity index (χ1n) is 8.34. The number of carbonyl (C=O) groups is 1. The molecule has 2 N–H and O–H groups in total. The van der Waals surface area contributed by atoms with Crippen molar-refractivity contribution in [2.45, 2.75) is 39.8 Å². The fraction of sp³-hybridized carbons (Fsp3) is 0.500. The van der Waals surface area contributed by atoms with Gasteiger partial charge in [0.25, 0.3) is 0 Å². The van der Waals surface area contributed by atoms with Crippen LogP contribution >= 0.6 is 24.8 Å².